The Morgan fingerprint density at radius 1 is 0.284 bits per heavy atom. The zero-order valence-corrected chi connectivity index (χ0v) is 43.7. The maximum absolute atomic E-state index is 10.0. The predicted molar refractivity (Wildman–Crippen MR) is 301 cm³/mol. The van der Waals surface area contributed by atoms with Gasteiger partial charge in [0.2, 0.25) is 0 Å². The number of nitriles is 6. The van der Waals surface area contributed by atoms with E-state index in [-0.39, 0.29) is 17.1 Å². The van der Waals surface area contributed by atoms with Crippen LogP contribution in [-0.2, 0) is 17.1 Å². The monoisotopic (exact) mass is 1090 g/mol. The SMILES string of the molecule is N#Cc1cn([BH-](n2cc(C#N)c(-c3ccccc3)n2)n2ncc(C#N)c2-c2ccccc2)nc1-c1ccccc1.N#Cc1cn([BH-](n2cc(C#N)c(-c3ccccc3)n2)n2ncc(C#N)c2-c2ccccc2)nc1-c1ccccc1.[Fe+2]. The number of hydrogen-bond acceptors (Lipinski definition) is 12. The Bertz CT molecular complexity index is 3970. The second-order valence-electron chi connectivity index (χ2n) is 18.3. The van der Waals surface area contributed by atoms with E-state index in [0.29, 0.717) is 67.5 Å². The zero-order valence-electron chi connectivity index (χ0n) is 42.6. The van der Waals surface area contributed by atoms with E-state index in [4.69, 9.17) is 20.4 Å². The van der Waals surface area contributed by atoms with Crippen molar-refractivity contribution in [3.63, 3.8) is 0 Å². The van der Waals surface area contributed by atoms with Gasteiger partial charge in [0.05, 0.1) is 45.8 Å². The molecule has 0 amide bonds. The van der Waals surface area contributed by atoms with E-state index in [1.807, 2.05) is 182 Å². The quantitative estimate of drug-likeness (QED) is 0.104. The Balaban J connectivity index is 0.000000180. The normalized spacial score (nSPS) is 10.5. The Morgan fingerprint density at radius 3 is 0.704 bits per heavy atom. The Kier molecular flexibility index (Phi) is 15.3. The summed E-state index contributed by atoms with van der Waals surface area (Å²) in [6.45, 7) is 0. The maximum atomic E-state index is 10.0. The first-order valence-corrected chi connectivity index (χ1v) is 25.0. The van der Waals surface area contributed by atoms with Crippen LogP contribution in [0.25, 0.3) is 67.5 Å². The van der Waals surface area contributed by atoms with Gasteiger partial charge in [-0.3, -0.25) is 0 Å². The van der Waals surface area contributed by atoms with Crippen LogP contribution in [-0.4, -0.2) is 72.4 Å². The third-order valence-electron chi connectivity index (χ3n) is 13.4. The molecule has 0 N–H and O–H groups in total. The molecule has 0 saturated heterocycles. The molecule has 0 saturated carbocycles. The molecule has 21 heteroatoms. The van der Waals surface area contributed by atoms with E-state index in [1.165, 1.54) is 12.4 Å². The summed E-state index contributed by atoms with van der Waals surface area (Å²) in [5.74, 6) is 0. The molecular weight excluding hydrogens is 1050 g/mol. The number of benzene rings is 6. The molecule has 6 heterocycles. The summed E-state index contributed by atoms with van der Waals surface area (Å²) in [4.78, 5) is 0. The molecule has 6 aromatic heterocycles. The molecule has 0 fully saturated rings. The van der Waals surface area contributed by atoms with Crippen LogP contribution in [0.2, 0.25) is 0 Å². The van der Waals surface area contributed by atoms with Crippen molar-refractivity contribution in [2.45, 2.75) is 0 Å². The van der Waals surface area contributed by atoms with Gasteiger partial charge in [-0.15, -0.1) is 0 Å². The third-order valence-corrected chi connectivity index (χ3v) is 13.4. The first-order valence-electron chi connectivity index (χ1n) is 25.0. The number of rotatable bonds is 12. The minimum atomic E-state index is -2.06. The van der Waals surface area contributed by atoms with Gasteiger partial charge >= 0.3 is 31.3 Å². The standard InChI is InChI=1S/2C30H19BN9.Fe/c2*32-16-25-19-35-40(30(25)24-14-8-3-9-15-24)31(38-20-26(17-33)28(36-38)22-10-4-1-5-11-22)39-21-27(18-34)29(37-39)23-12-6-2-7-13-23;/h2*1-15,19-21,31H;/q2*-1;+2. The summed E-state index contributed by atoms with van der Waals surface area (Å²) in [7, 11) is -4.11. The van der Waals surface area contributed by atoms with E-state index in [1.54, 1.807) is 52.3 Å². The average molecular weight is 1090 g/mol. The molecule has 0 aliphatic rings. The molecular formula is C60H38B2FeN18. The first kappa shape index (κ1) is 52.6. The largest absolute Gasteiger partial charge is 2.00 e. The minimum Gasteiger partial charge on any atom is -0.401 e. The summed E-state index contributed by atoms with van der Waals surface area (Å²) >= 11 is 0. The molecule has 382 valence electrons. The van der Waals surface area contributed by atoms with Crippen LogP contribution in [0.15, 0.2) is 219 Å². The van der Waals surface area contributed by atoms with Crippen LogP contribution in [0.1, 0.15) is 33.4 Å². The summed E-state index contributed by atoms with van der Waals surface area (Å²) in [6.07, 6.45) is 9.70. The van der Waals surface area contributed by atoms with E-state index in [2.05, 4.69) is 46.6 Å². The van der Waals surface area contributed by atoms with Gasteiger partial charge in [-0.1, -0.05) is 182 Å². The fourth-order valence-corrected chi connectivity index (χ4v) is 9.84. The molecule has 0 bridgehead atoms. The zero-order chi connectivity index (χ0) is 55.0. The van der Waals surface area contributed by atoms with Crippen molar-refractivity contribution in [2.75, 3.05) is 0 Å². The van der Waals surface area contributed by atoms with E-state index >= 15 is 0 Å². The van der Waals surface area contributed by atoms with E-state index in [9.17, 15) is 31.6 Å². The fraction of sp³-hybridized carbons (Fsp3) is 0. The third kappa shape index (κ3) is 10.3. The average Bonchev–Trinajstić information content (AvgIpc) is 4.44. The second kappa shape index (κ2) is 23.6. The maximum Gasteiger partial charge on any atom is 2.00 e. The fourth-order valence-electron chi connectivity index (χ4n) is 9.84. The molecule has 12 rings (SSSR count). The van der Waals surface area contributed by atoms with Gasteiger partial charge in [-0.2, -0.15) is 31.6 Å². The van der Waals surface area contributed by atoms with Gasteiger partial charge in [0.15, 0.2) is 0 Å². The van der Waals surface area contributed by atoms with Crippen molar-refractivity contribution >= 4 is 14.2 Å². The number of hydrogen-bond donors (Lipinski definition) is 0. The van der Waals surface area contributed by atoms with Gasteiger partial charge in [0.1, 0.15) is 59.2 Å². The Morgan fingerprint density at radius 2 is 0.494 bits per heavy atom. The molecule has 0 aliphatic carbocycles. The summed E-state index contributed by atoms with van der Waals surface area (Å²) < 4.78 is 10.1. The van der Waals surface area contributed by atoms with E-state index < -0.39 is 14.2 Å². The molecule has 0 aliphatic heterocycles. The molecule has 0 unspecified atom stereocenters. The van der Waals surface area contributed by atoms with Gasteiger partial charge in [0, 0.05) is 58.4 Å². The van der Waals surface area contributed by atoms with Crippen molar-refractivity contribution in [2.24, 2.45) is 0 Å². The van der Waals surface area contributed by atoms with Crippen LogP contribution >= 0.6 is 0 Å². The van der Waals surface area contributed by atoms with Gasteiger partial charge in [-0.25, -0.2) is 30.6 Å². The topological polar surface area (TPSA) is 250 Å². The van der Waals surface area contributed by atoms with Crippen molar-refractivity contribution < 1.29 is 17.1 Å². The second-order valence-corrected chi connectivity index (χ2v) is 18.3. The Hall–Kier alpha value is -11.8. The molecule has 81 heavy (non-hydrogen) atoms. The van der Waals surface area contributed by atoms with Crippen LogP contribution in [0.4, 0.5) is 0 Å². The van der Waals surface area contributed by atoms with Crippen LogP contribution in [0, 0.1) is 68.0 Å². The molecule has 0 radical (unpaired) electrons. The van der Waals surface area contributed by atoms with Crippen molar-refractivity contribution in [1.29, 1.82) is 31.6 Å². The minimum absolute atomic E-state index is 0. The summed E-state index contributed by atoms with van der Waals surface area (Å²) in [6, 6.07) is 70.4. The van der Waals surface area contributed by atoms with Gasteiger partial charge in [-0.05, 0) is 11.1 Å². The van der Waals surface area contributed by atoms with Crippen molar-refractivity contribution in [3.05, 3.63) is 253 Å². The summed E-state index contributed by atoms with van der Waals surface area (Å²) in [5, 5.41) is 88.6. The van der Waals surface area contributed by atoms with Crippen LogP contribution in [0.3, 0.4) is 0 Å². The van der Waals surface area contributed by atoms with Gasteiger partial charge in [0.25, 0.3) is 0 Å². The van der Waals surface area contributed by atoms with Crippen LogP contribution in [0.5, 0.6) is 0 Å². The smallest absolute Gasteiger partial charge is 0.401 e. The molecule has 18 nitrogen and oxygen atoms in total. The molecule has 0 spiro atoms. The Labute approximate surface area is 475 Å². The van der Waals surface area contributed by atoms with Crippen molar-refractivity contribution in [3.8, 4) is 104 Å². The van der Waals surface area contributed by atoms with Gasteiger partial charge < -0.3 is 27.6 Å². The molecule has 0 atom stereocenters. The first-order chi connectivity index (χ1) is 39.4. The van der Waals surface area contributed by atoms with E-state index in [0.717, 1.165) is 33.4 Å². The van der Waals surface area contributed by atoms with Crippen LogP contribution < -0.4 is 0 Å². The summed E-state index contributed by atoms with van der Waals surface area (Å²) in [5.41, 5.74) is 10.3. The number of aromatic nitrogens is 12. The molecule has 12 aromatic rings. The van der Waals surface area contributed by atoms with Crippen molar-refractivity contribution in [1.82, 2.24) is 58.1 Å². The predicted octanol–water partition coefficient (Wildman–Crippen LogP) is 9.11. The number of nitrogens with zero attached hydrogens (tertiary/aromatic N) is 18. The molecule has 6 aromatic carbocycles.